The molecule has 0 aliphatic carbocycles. The van der Waals surface area contributed by atoms with E-state index in [1.807, 2.05) is 45.0 Å². The fourth-order valence-corrected chi connectivity index (χ4v) is 2.89. The Morgan fingerprint density at radius 1 is 0.824 bits per heavy atom. The van der Waals surface area contributed by atoms with Crippen LogP contribution >= 0.6 is 0 Å². The van der Waals surface area contributed by atoms with Crippen molar-refractivity contribution in [3.63, 3.8) is 0 Å². The summed E-state index contributed by atoms with van der Waals surface area (Å²) in [7, 11) is 1.58. The van der Waals surface area contributed by atoms with Crippen LogP contribution in [0.3, 0.4) is 0 Å². The van der Waals surface area contributed by atoms with Gasteiger partial charge in [-0.15, -0.1) is 0 Å². The molecule has 6 nitrogen and oxygen atoms in total. The summed E-state index contributed by atoms with van der Waals surface area (Å²) in [6.45, 7) is 6.92. The first-order chi connectivity index (χ1) is 16.3. The first-order valence-corrected chi connectivity index (χ1v) is 11.8. The highest BCUT2D eigenvalue weighted by Gasteiger charge is 2.26. The van der Waals surface area contributed by atoms with Crippen molar-refractivity contribution in [1.82, 2.24) is 0 Å². The smallest absolute Gasteiger partial charge is 0.336 e. The highest BCUT2D eigenvalue weighted by Crippen LogP contribution is 2.22. The van der Waals surface area contributed by atoms with E-state index in [2.05, 4.69) is 0 Å². The minimum Gasteiger partial charge on any atom is -0.497 e. The molecular weight excluding hydrogens is 432 g/mol. The SMILES string of the molecule is CCC(C)(C)C(=O)OCCCCCCOc1ccc(C=CC(=O)Oc2ccc(OC)cc2)cc1. The lowest BCUT2D eigenvalue weighted by molar-refractivity contribution is -0.154. The molecule has 0 saturated carbocycles. The Hall–Kier alpha value is -3.28. The van der Waals surface area contributed by atoms with Crippen molar-refractivity contribution in [1.29, 1.82) is 0 Å². The molecule has 2 aromatic rings. The monoisotopic (exact) mass is 468 g/mol. The van der Waals surface area contributed by atoms with Crippen molar-refractivity contribution < 1.29 is 28.5 Å². The van der Waals surface area contributed by atoms with Crippen molar-refractivity contribution in [3.05, 3.63) is 60.2 Å². The number of rotatable bonds is 14. The van der Waals surface area contributed by atoms with E-state index in [1.165, 1.54) is 6.08 Å². The van der Waals surface area contributed by atoms with Gasteiger partial charge in [-0.3, -0.25) is 4.79 Å². The molecular formula is C28H36O6. The van der Waals surface area contributed by atoms with Crippen LogP contribution in [0.1, 0.15) is 58.4 Å². The first kappa shape index (κ1) is 27.0. The molecule has 0 heterocycles. The van der Waals surface area contributed by atoms with Crippen LogP contribution < -0.4 is 14.2 Å². The molecule has 0 radical (unpaired) electrons. The van der Waals surface area contributed by atoms with E-state index in [4.69, 9.17) is 18.9 Å². The fourth-order valence-electron chi connectivity index (χ4n) is 2.89. The van der Waals surface area contributed by atoms with Gasteiger partial charge in [0.15, 0.2) is 0 Å². The molecule has 0 spiro atoms. The van der Waals surface area contributed by atoms with E-state index in [-0.39, 0.29) is 5.97 Å². The van der Waals surface area contributed by atoms with Crippen LogP contribution in [0.5, 0.6) is 17.2 Å². The topological polar surface area (TPSA) is 71.1 Å². The van der Waals surface area contributed by atoms with Crippen molar-refractivity contribution in [2.75, 3.05) is 20.3 Å². The molecule has 0 N–H and O–H groups in total. The third-order valence-corrected chi connectivity index (χ3v) is 5.55. The van der Waals surface area contributed by atoms with Gasteiger partial charge in [-0.2, -0.15) is 0 Å². The summed E-state index contributed by atoms with van der Waals surface area (Å²) >= 11 is 0. The lowest BCUT2D eigenvalue weighted by Crippen LogP contribution is -2.26. The van der Waals surface area contributed by atoms with Gasteiger partial charge < -0.3 is 18.9 Å². The first-order valence-electron chi connectivity index (χ1n) is 11.8. The largest absolute Gasteiger partial charge is 0.497 e. The Morgan fingerprint density at radius 2 is 1.41 bits per heavy atom. The van der Waals surface area contributed by atoms with Crippen LogP contribution in [0, 0.1) is 5.41 Å². The predicted molar refractivity (Wildman–Crippen MR) is 133 cm³/mol. The number of benzene rings is 2. The van der Waals surface area contributed by atoms with Crippen molar-refractivity contribution in [2.45, 2.75) is 52.9 Å². The van der Waals surface area contributed by atoms with Crippen LogP contribution in [0.2, 0.25) is 0 Å². The van der Waals surface area contributed by atoms with Gasteiger partial charge in [-0.1, -0.05) is 19.1 Å². The molecule has 0 fully saturated rings. The molecule has 34 heavy (non-hydrogen) atoms. The van der Waals surface area contributed by atoms with Gasteiger partial charge in [0.05, 0.1) is 25.7 Å². The maximum Gasteiger partial charge on any atom is 0.336 e. The van der Waals surface area contributed by atoms with Crippen molar-refractivity contribution in [3.8, 4) is 17.2 Å². The summed E-state index contributed by atoms with van der Waals surface area (Å²) in [6, 6.07) is 14.4. The Labute approximate surface area is 202 Å². The fraction of sp³-hybridized carbons (Fsp3) is 0.429. The molecule has 184 valence electrons. The van der Waals surface area contributed by atoms with Gasteiger partial charge in [-0.05, 0) is 94.0 Å². The standard InChI is InChI=1S/C28H36O6/c1-5-28(2,3)27(30)33-21-9-7-6-8-20-32-24-13-10-22(11-14-24)12-19-26(29)34-25-17-15-23(31-4)16-18-25/h10-19H,5-9,20-21H2,1-4H3. The Balaban J connectivity index is 1.60. The molecule has 2 rings (SSSR count). The highest BCUT2D eigenvalue weighted by molar-refractivity contribution is 5.88. The maximum atomic E-state index is 12.0. The quantitative estimate of drug-likeness (QED) is 0.142. The molecule has 0 aliphatic heterocycles. The summed E-state index contributed by atoms with van der Waals surface area (Å²) in [5.74, 6) is 1.38. The summed E-state index contributed by atoms with van der Waals surface area (Å²) < 4.78 is 21.5. The Morgan fingerprint density at radius 3 is 2.03 bits per heavy atom. The second-order valence-electron chi connectivity index (χ2n) is 8.64. The van der Waals surface area contributed by atoms with Gasteiger partial charge in [0.1, 0.15) is 17.2 Å². The highest BCUT2D eigenvalue weighted by atomic mass is 16.5. The van der Waals surface area contributed by atoms with Crippen LogP contribution in [0.4, 0.5) is 0 Å². The second-order valence-corrected chi connectivity index (χ2v) is 8.64. The maximum absolute atomic E-state index is 12.0. The summed E-state index contributed by atoms with van der Waals surface area (Å²) in [5.41, 5.74) is 0.472. The van der Waals surface area contributed by atoms with E-state index < -0.39 is 11.4 Å². The third-order valence-electron chi connectivity index (χ3n) is 5.55. The van der Waals surface area contributed by atoms with Crippen molar-refractivity contribution in [2.24, 2.45) is 5.41 Å². The molecule has 0 bridgehead atoms. The van der Waals surface area contributed by atoms with Crippen LogP contribution in [0.25, 0.3) is 6.08 Å². The molecule has 0 atom stereocenters. The van der Waals surface area contributed by atoms with Crippen LogP contribution in [-0.2, 0) is 14.3 Å². The lowest BCUT2D eigenvalue weighted by Gasteiger charge is -2.20. The van der Waals surface area contributed by atoms with Gasteiger partial charge in [-0.25, -0.2) is 4.79 Å². The number of hydrogen-bond acceptors (Lipinski definition) is 6. The van der Waals surface area contributed by atoms with Gasteiger partial charge in [0.2, 0.25) is 0 Å². The van der Waals surface area contributed by atoms with Gasteiger partial charge in [0, 0.05) is 6.08 Å². The molecule has 0 aliphatic rings. The Bertz CT molecular complexity index is 913. The number of carbonyl (C=O) groups is 2. The number of methoxy groups -OCH3 is 1. The zero-order chi connectivity index (χ0) is 24.8. The third kappa shape index (κ3) is 9.69. The van der Waals surface area contributed by atoms with Crippen LogP contribution in [0.15, 0.2) is 54.6 Å². The predicted octanol–water partition coefficient (Wildman–Crippen LogP) is 6.23. The van der Waals surface area contributed by atoms with Crippen LogP contribution in [-0.4, -0.2) is 32.3 Å². The normalized spacial score (nSPS) is 11.3. The molecule has 0 unspecified atom stereocenters. The van der Waals surface area contributed by atoms with E-state index in [1.54, 1.807) is 37.5 Å². The zero-order valence-corrected chi connectivity index (χ0v) is 20.7. The minimum atomic E-state index is -0.450. The summed E-state index contributed by atoms with van der Waals surface area (Å²) in [4.78, 5) is 23.9. The average Bonchev–Trinajstić information content (AvgIpc) is 2.85. The molecule has 0 saturated heterocycles. The van der Waals surface area contributed by atoms with E-state index in [9.17, 15) is 9.59 Å². The molecule has 2 aromatic carbocycles. The van der Waals surface area contributed by atoms with E-state index >= 15 is 0 Å². The number of esters is 2. The number of unbranched alkanes of at least 4 members (excludes halogenated alkanes) is 3. The van der Waals surface area contributed by atoms with Crippen molar-refractivity contribution >= 4 is 18.0 Å². The molecule has 0 aromatic heterocycles. The van der Waals surface area contributed by atoms with Gasteiger partial charge >= 0.3 is 11.9 Å². The lowest BCUT2D eigenvalue weighted by atomic mass is 9.91. The Kier molecular flexibility index (Phi) is 11.2. The molecule has 6 heteroatoms. The number of carbonyl (C=O) groups excluding carboxylic acids is 2. The second kappa shape index (κ2) is 14.1. The van der Waals surface area contributed by atoms with E-state index in [0.29, 0.717) is 24.7 Å². The van der Waals surface area contributed by atoms with Gasteiger partial charge in [0.25, 0.3) is 0 Å². The minimum absolute atomic E-state index is 0.120. The number of ether oxygens (including phenoxy) is 4. The zero-order valence-electron chi connectivity index (χ0n) is 20.7. The average molecular weight is 469 g/mol. The van der Waals surface area contributed by atoms with E-state index in [0.717, 1.165) is 43.4 Å². The summed E-state index contributed by atoms with van der Waals surface area (Å²) in [5, 5.41) is 0. The summed E-state index contributed by atoms with van der Waals surface area (Å²) in [6.07, 6.45) is 7.69. The number of hydrogen-bond donors (Lipinski definition) is 0. The molecule has 0 amide bonds.